The first-order valence-electron chi connectivity index (χ1n) is 8.88. The molecule has 0 saturated heterocycles. The molecule has 8 nitrogen and oxygen atoms in total. The van der Waals surface area contributed by atoms with Crippen molar-refractivity contribution in [3.63, 3.8) is 0 Å². The van der Waals surface area contributed by atoms with E-state index in [-0.39, 0.29) is 22.9 Å². The summed E-state index contributed by atoms with van der Waals surface area (Å²) in [4.78, 5) is 12.5. The van der Waals surface area contributed by atoms with Crippen molar-refractivity contribution in [1.29, 1.82) is 5.26 Å². The molecule has 4 rings (SSSR count). The van der Waals surface area contributed by atoms with Crippen LogP contribution in [0.1, 0.15) is 23.5 Å². The number of nitriles is 1. The number of carbonyl (C=O) groups excluding carboxylic acids is 1. The summed E-state index contributed by atoms with van der Waals surface area (Å²) in [6.07, 6.45) is 3.14. The molecule has 1 amide bonds. The smallest absolute Gasteiger partial charge is 0.253 e. The first kappa shape index (κ1) is 18.8. The van der Waals surface area contributed by atoms with Crippen molar-refractivity contribution in [1.82, 2.24) is 14.8 Å². The van der Waals surface area contributed by atoms with Crippen LogP contribution >= 0.6 is 0 Å². The van der Waals surface area contributed by atoms with E-state index in [2.05, 4.69) is 21.6 Å². The van der Waals surface area contributed by atoms with Gasteiger partial charge in [0.2, 0.25) is 15.7 Å². The summed E-state index contributed by atoms with van der Waals surface area (Å²) in [6.45, 7) is 0. The summed E-state index contributed by atoms with van der Waals surface area (Å²) >= 11 is 0. The van der Waals surface area contributed by atoms with Crippen molar-refractivity contribution < 1.29 is 13.2 Å². The van der Waals surface area contributed by atoms with E-state index in [0.717, 1.165) is 18.2 Å². The standard InChI is InChI=1S/C20H17N5O3S/c1-29(27,28)20-24-22-12-25(20)16-7-5-15(6-8-16)23-19(26)18-10-17(18)14-4-2-3-13(9-14)11-21/h2-9,12,17-18H,10H2,1H3,(H,23,26)/t17-,18-/m1/s1. The molecular weight excluding hydrogens is 390 g/mol. The second-order valence-electron chi connectivity index (χ2n) is 6.98. The third-order valence-corrected chi connectivity index (χ3v) is 5.77. The van der Waals surface area contributed by atoms with Gasteiger partial charge >= 0.3 is 0 Å². The number of nitrogens with one attached hydrogen (secondary N) is 1. The van der Waals surface area contributed by atoms with Gasteiger partial charge in [-0.25, -0.2) is 8.42 Å². The van der Waals surface area contributed by atoms with E-state index in [9.17, 15) is 13.2 Å². The summed E-state index contributed by atoms with van der Waals surface area (Å²) in [5, 5.41) is 19.1. The normalized spacial score (nSPS) is 18.1. The van der Waals surface area contributed by atoms with E-state index >= 15 is 0 Å². The zero-order valence-corrected chi connectivity index (χ0v) is 16.3. The van der Waals surface area contributed by atoms with Gasteiger partial charge in [-0.3, -0.25) is 9.36 Å². The van der Waals surface area contributed by atoms with Crippen LogP contribution in [-0.4, -0.2) is 35.3 Å². The SMILES string of the molecule is CS(=O)(=O)c1nncn1-c1ccc(NC(=O)[C@@H]2C[C@@H]2c2cccc(C#N)c2)cc1. The van der Waals surface area contributed by atoms with Crippen LogP contribution in [0.2, 0.25) is 0 Å². The van der Waals surface area contributed by atoms with Crippen molar-refractivity contribution >= 4 is 21.4 Å². The van der Waals surface area contributed by atoms with Crippen LogP contribution in [0.25, 0.3) is 5.69 Å². The molecule has 29 heavy (non-hydrogen) atoms. The summed E-state index contributed by atoms with van der Waals surface area (Å²) in [6, 6.07) is 16.2. The lowest BCUT2D eigenvalue weighted by atomic mass is 10.1. The first-order chi connectivity index (χ1) is 13.9. The first-order valence-corrected chi connectivity index (χ1v) is 10.8. The van der Waals surface area contributed by atoms with Gasteiger partial charge in [-0.2, -0.15) is 5.26 Å². The number of hydrogen-bond donors (Lipinski definition) is 1. The Kier molecular flexibility index (Phi) is 4.64. The van der Waals surface area contributed by atoms with Gasteiger partial charge in [0, 0.05) is 23.5 Å². The largest absolute Gasteiger partial charge is 0.326 e. The molecule has 2 aromatic carbocycles. The van der Waals surface area contributed by atoms with E-state index in [1.54, 1.807) is 30.3 Å². The quantitative estimate of drug-likeness (QED) is 0.693. The van der Waals surface area contributed by atoms with Crippen molar-refractivity contribution in [2.75, 3.05) is 11.6 Å². The Morgan fingerprint density at radius 1 is 1.24 bits per heavy atom. The molecular formula is C20H17N5O3S. The van der Waals surface area contributed by atoms with Gasteiger partial charge in [-0.15, -0.1) is 10.2 Å². The lowest BCUT2D eigenvalue weighted by molar-refractivity contribution is -0.117. The fraction of sp³-hybridized carbons (Fsp3) is 0.200. The summed E-state index contributed by atoms with van der Waals surface area (Å²) < 4.78 is 24.9. The minimum atomic E-state index is -3.51. The predicted octanol–water partition coefficient (Wildman–Crippen LogP) is 2.28. The predicted molar refractivity (Wildman–Crippen MR) is 105 cm³/mol. The molecule has 1 N–H and O–H groups in total. The maximum absolute atomic E-state index is 12.5. The number of nitrogens with zero attached hydrogens (tertiary/aromatic N) is 4. The molecule has 0 radical (unpaired) electrons. The van der Waals surface area contributed by atoms with Crippen LogP contribution in [0.15, 0.2) is 60.0 Å². The van der Waals surface area contributed by atoms with Crippen LogP contribution in [0.4, 0.5) is 5.69 Å². The molecule has 0 unspecified atom stereocenters. The molecule has 1 aromatic heterocycles. The lowest BCUT2D eigenvalue weighted by Gasteiger charge is -2.08. The number of carbonyl (C=O) groups is 1. The molecule has 1 aliphatic rings. The molecule has 0 aliphatic heterocycles. The number of rotatable bonds is 5. The fourth-order valence-corrected chi connectivity index (χ4v) is 3.99. The number of aromatic nitrogens is 3. The molecule has 9 heteroatoms. The Morgan fingerprint density at radius 3 is 2.69 bits per heavy atom. The molecule has 2 atom stereocenters. The Hall–Kier alpha value is -3.51. The lowest BCUT2D eigenvalue weighted by Crippen LogP contribution is -2.14. The van der Waals surface area contributed by atoms with E-state index in [4.69, 9.17) is 5.26 Å². The van der Waals surface area contributed by atoms with E-state index < -0.39 is 9.84 Å². The second-order valence-corrected chi connectivity index (χ2v) is 8.89. The van der Waals surface area contributed by atoms with Crippen LogP contribution in [-0.2, 0) is 14.6 Å². The summed E-state index contributed by atoms with van der Waals surface area (Å²) in [7, 11) is -3.51. The third-order valence-electron chi connectivity index (χ3n) is 4.83. The zero-order chi connectivity index (χ0) is 20.6. The van der Waals surface area contributed by atoms with Gasteiger partial charge < -0.3 is 5.32 Å². The molecule has 1 fully saturated rings. The number of sulfone groups is 1. The molecule has 1 aliphatic carbocycles. The average Bonchev–Trinajstić information content (AvgIpc) is 3.35. The average molecular weight is 407 g/mol. The highest BCUT2D eigenvalue weighted by Gasteiger charge is 2.44. The molecule has 1 heterocycles. The van der Waals surface area contributed by atoms with Gasteiger partial charge in [0.25, 0.3) is 5.16 Å². The number of amides is 1. The fourth-order valence-electron chi connectivity index (χ4n) is 3.29. The van der Waals surface area contributed by atoms with Crippen molar-refractivity contribution in [2.24, 2.45) is 5.92 Å². The van der Waals surface area contributed by atoms with Gasteiger partial charge in [-0.05, 0) is 54.3 Å². The molecule has 3 aromatic rings. The Morgan fingerprint density at radius 2 is 2.00 bits per heavy atom. The Bertz CT molecular complexity index is 1230. The highest BCUT2D eigenvalue weighted by molar-refractivity contribution is 7.90. The van der Waals surface area contributed by atoms with Gasteiger partial charge in [0.05, 0.1) is 11.6 Å². The molecule has 0 bridgehead atoms. The number of anilines is 1. The van der Waals surface area contributed by atoms with Gasteiger partial charge in [-0.1, -0.05) is 12.1 Å². The second kappa shape index (κ2) is 7.14. The molecule has 146 valence electrons. The minimum absolute atomic E-state index is 0.0776. The van der Waals surface area contributed by atoms with Crippen LogP contribution < -0.4 is 5.32 Å². The maximum atomic E-state index is 12.5. The molecule has 1 saturated carbocycles. The topological polar surface area (TPSA) is 118 Å². The summed E-state index contributed by atoms with van der Waals surface area (Å²) in [5.74, 6) is -0.0820. The Labute approximate surface area is 167 Å². The van der Waals surface area contributed by atoms with E-state index in [0.29, 0.717) is 16.9 Å². The van der Waals surface area contributed by atoms with E-state index in [1.807, 2.05) is 18.2 Å². The summed E-state index contributed by atoms with van der Waals surface area (Å²) in [5.41, 5.74) is 2.78. The maximum Gasteiger partial charge on any atom is 0.253 e. The minimum Gasteiger partial charge on any atom is -0.326 e. The number of benzene rings is 2. The zero-order valence-electron chi connectivity index (χ0n) is 15.5. The Balaban J connectivity index is 1.44. The van der Waals surface area contributed by atoms with E-state index in [1.165, 1.54) is 10.9 Å². The highest BCUT2D eigenvalue weighted by atomic mass is 32.2. The highest BCUT2D eigenvalue weighted by Crippen LogP contribution is 2.48. The van der Waals surface area contributed by atoms with Crippen LogP contribution in [0.5, 0.6) is 0 Å². The van der Waals surface area contributed by atoms with Gasteiger partial charge in [0.15, 0.2) is 0 Å². The third kappa shape index (κ3) is 3.88. The number of hydrogen-bond acceptors (Lipinski definition) is 6. The van der Waals surface area contributed by atoms with Crippen LogP contribution in [0.3, 0.4) is 0 Å². The van der Waals surface area contributed by atoms with Crippen molar-refractivity contribution in [3.8, 4) is 11.8 Å². The van der Waals surface area contributed by atoms with Gasteiger partial charge in [0.1, 0.15) is 6.33 Å². The molecule has 0 spiro atoms. The van der Waals surface area contributed by atoms with Crippen molar-refractivity contribution in [3.05, 3.63) is 66.0 Å². The monoisotopic (exact) mass is 407 g/mol. The van der Waals surface area contributed by atoms with Crippen molar-refractivity contribution in [2.45, 2.75) is 17.5 Å². The van der Waals surface area contributed by atoms with Crippen LogP contribution in [0, 0.1) is 17.2 Å².